The zero-order valence-corrected chi connectivity index (χ0v) is 10.1. The lowest BCUT2D eigenvalue weighted by molar-refractivity contribution is -0.0626. The summed E-state index contributed by atoms with van der Waals surface area (Å²) < 4.78 is 5.45. The summed E-state index contributed by atoms with van der Waals surface area (Å²) in [6, 6.07) is 8.47. The van der Waals surface area contributed by atoms with Crippen molar-refractivity contribution < 1.29 is 4.74 Å². The Bertz CT molecular complexity index is 540. The minimum absolute atomic E-state index is 0.137. The van der Waals surface area contributed by atoms with Crippen molar-refractivity contribution in [3.05, 3.63) is 35.5 Å². The number of rotatable bonds is 3. The van der Waals surface area contributed by atoms with Crippen molar-refractivity contribution in [3.8, 4) is 0 Å². The predicted octanol–water partition coefficient (Wildman–Crippen LogP) is 2.09. The van der Waals surface area contributed by atoms with Crippen LogP contribution in [0.15, 0.2) is 24.3 Å². The SMILES string of the molecule is Cc1[nH]c2ccccc2c1C1(CCN)COC1. The molecule has 1 aliphatic heterocycles. The average Bonchev–Trinajstić information content (AvgIpc) is 2.60. The van der Waals surface area contributed by atoms with Gasteiger partial charge in [-0.1, -0.05) is 18.2 Å². The van der Waals surface area contributed by atoms with Crippen LogP contribution in [0.4, 0.5) is 0 Å². The van der Waals surface area contributed by atoms with Gasteiger partial charge in [0.25, 0.3) is 0 Å². The van der Waals surface area contributed by atoms with Crippen molar-refractivity contribution in [2.24, 2.45) is 5.73 Å². The Morgan fingerprint density at radius 3 is 2.76 bits per heavy atom. The molecule has 3 N–H and O–H groups in total. The van der Waals surface area contributed by atoms with Gasteiger partial charge >= 0.3 is 0 Å². The first-order valence-electron chi connectivity index (χ1n) is 6.12. The fourth-order valence-electron chi connectivity index (χ4n) is 3.00. The Labute approximate surface area is 101 Å². The molecule has 0 aliphatic carbocycles. The molecule has 1 saturated heterocycles. The Balaban J connectivity index is 2.18. The number of hydrogen-bond acceptors (Lipinski definition) is 2. The molecule has 17 heavy (non-hydrogen) atoms. The second-order valence-electron chi connectivity index (χ2n) is 4.98. The topological polar surface area (TPSA) is 51.0 Å². The summed E-state index contributed by atoms with van der Waals surface area (Å²) >= 11 is 0. The number of aromatic amines is 1. The summed E-state index contributed by atoms with van der Waals surface area (Å²) in [6.07, 6.45) is 0.996. The molecule has 0 bridgehead atoms. The van der Waals surface area contributed by atoms with Gasteiger partial charge in [-0.05, 0) is 31.5 Å². The molecule has 3 rings (SSSR count). The monoisotopic (exact) mass is 230 g/mol. The molecule has 0 unspecified atom stereocenters. The number of ether oxygens (including phenoxy) is 1. The van der Waals surface area contributed by atoms with Crippen molar-refractivity contribution in [2.75, 3.05) is 19.8 Å². The first-order chi connectivity index (χ1) is 8.27. The summed E-state index contributed by atoms with van der Waals surface area (Å²) in [7, 11) is 0. The number of aryl methyl sites for hydroxylation is 1. The van der Waals surface area contributed by atoms with E-state index in [4.69, 9.17) is 10.5 Å². The van der Waals surface area contributed by atoms with Crippen LogP contribution in [0.5, 0.6) is 0 Å². The summed E-state index contributed by atoms with van der Waals surface area (Å²) in [5.74, 6) is 0. The van der Waals surface area contributed by atoms with Crippen LogP contribution in [-0.4, -0.2) is 24.7 Å². The van der Waals surface area contributed by atoms with Crippen LogP contribution in [0.2, 0.25) is 0 Å². The third-order valence-electron chi connectivity index (χ3n) is 3.80. The number of benzene rings is 1. The van der Waals surface area contributed by atoms with E-state index in [0.29, 0.717) is 6.54 Å². The summed E-state index contributed by atoms with van der Waals surface area (Å²) in [5.41, 5.74) is 9.77. The van der Waals surface area contributed by atoms with Crippen molar-refractivity contribution >= 4 is 10.9 Å². The second-order valence-corrected chi connectivity index (χ2v) is 4.98. The van der Waals surface area contributed by atoms with Crippen LogP contribution in [0.25, 0.3) is 10.9 Å². The van der Waals surface area contributed by atoms with Crippen LogP contribution in [0, 0.1) is 6.92 Å². The molecular weight excluding hydrogens is 212 g/mol. The number of nitrogens with one attached hydrogen (secondary N) is 1. The zero-order chi connectivity index (χ0) is 11.9. The van der Waals surface area contributed by atoms with E-state index in [0.717, 1.165) is 19.6 Å². The normalized spacial score (nSPS) is 18.2. The number of nitrogens with two attached hydrogens (primary N) is 1. The number of H-pyrrole nitrogens is 1. The molecule has 90 valence electrons. The third kappa shape index (κ3) is 1.50. The first-order valence-corrected chi connectivity index (χ1v) is 6.12. The van der Waals surface area contributed by atoms with Crippen LogP contribution in [0.3, 0.4) is 0 Å². The van der Waals surface area contributed by atoms with Gasteiger partial charge in [-0.2, -0.15) is 0 Å². The van der Waals surface area contributed by atoms with Crippen LogP contribution >= 0.6 is 0 Å². The lowest BCUT2D eigenvalue weighted by atomic mass is 9.74. The summed E-state index contributed by atoms with van der Waals surface area (Å²) in [4.78, 5) is 3.46. The third-order valence-corrected chi connectivity index (χ3v) is 3.80. The van der Waals surface area contributed by atoms with Crippen molar-refractivity contribution in [2.45, 2.75) is 18.8 Å². The highest BCUT2D eigenvalue weighted by Gasteiger charge is 2.42. The van der Waals surface area contributed by atoms with Crippen LogP contribution in [-0.2, 0) is 10.2 Å². The number of fused-ring (bicyclic) bond motifs is 1. The summed E-state index contributed by atoms with van der Waals surface area (Å²) in [6.45, 7) is 4.45. The number of hydrogen-bond donors (Lipinski definition) is 2. The molecule has 0 saturated carbocycles. The second kappa shape index (κ2) is 3.86. The standard InChI is InChI=1S/C14H18N2O/c1-10-13(14(6-7-15)8-17-9-14)11-4-2-3-5-12(11)16-10/h2-5,16H,6-9,15H2,1H3. The average molecular weight is 230 g/mol. The molecule has 0 atom stereocenters. The molecule has 2 aromatic rings. The van der Waals surface area contributed by atoms with Gasteiger partial charge < -0.3 is 15.5 Å². The quantitative estimate of drug-likeness (QED) is 0.848. The Hall–Kier alpha value is -1.32. The number of aromatic nitrogens is 1. The maximum Gasteiger partial charge on any atom is 0.0587 e. The van der Waals surface area contributed by atoms with Gasteiger partial charge in [-0.25, -0.2) is 0 Å². The van der Waals surface area contributed by atoms with Gasteiger partial charge in [-0.3, -0.25) is 0 Å². The van der Waals surface area contributed by atoms with Crippen LogP contribution < -0.4 is 5.73 Å². The van der Waals surface area contributed by atoms with E-state index < -0.39 is 0 Å². The van der Waals surface area contributed by atoms with E-state index in [2.05, 4.69) is 36.2 Å². The highest BCUT2D eigenvalue weighted by molar-refractivity contribution is 5.86. The Kier molecular flexibility index (Phi) is 2.45. The van der Waals surface area contributed by atoms with Gasteiger partial charge in [0, 0.05) is 22.0 Å². The molecule has 1 aromatic heterocycles. The maximum absolute atomic E-state index is 5.76. The smallest absolute Gasteiger partial charge is 0.0587 e. The molecule has 3 nitrogen and oxygen atoms in total. The van der Waals surface area contributed by atoms with E-state index in [9.17, 15) is 0 Å². The molecule has 3 heteroatoms. The van der Waals surface area contributed by atoms with E-state index in [-0.39, 0.29) is 5.41 Å². The van der Waals surface area contributed by atoms with Gasteiger partial charge in [0.2, 0.25) is 0 Å². The highest BCUT2D eigenvalue weighted by atomic mass is 16.5. The predicted molar refractivity (Wildman–Crippen MR) is 69.2 cm³/mol. The molecule has 2 heterocycles. The van der Waals surface area contributed by atoms with Crippen molar-refractivity contribution in [1.29, 1.82) is 0 Å². The number of para-hydroxylation sites is 1. The lowest BCUT2D eigenvalue weighted by Gasteiger charge is -2.42. The van der Waals surface area contributed by atoms with Gasteiger partial charge in [0.05, 0.1) is 13.2 Å². The zero-order valence-electron chi connectivity index (χ0n) is 10.1. The Morgan fingerprint density at radius 2 is 2.12 bits per heavy atom. The van der Waals surface area contributed by atoms with Crippen molar-refractivity contribution in [3.63, 3.8) is 0 Å². The van der Waals surface area contributed by atoms with Gasteiger partial charge in [0.1, 0.15) is 0 Å². The fraction of sp³-hybridized carbons (Fsp3) is 0.429. The van der Waals surface area contributed by atoms with E-state index in [1.165, 1.54) is 22.2 Å². The van der Waals surface area contributed by atoms with E-state index in [1.54, 1.807) is 0 Å². The minimum atomic E-state index is 0.137. The van der Waals surface area contributed by atoms with Gasteiger partial charge in [-0.15, -0.1) is 0 Å². The van der Waals surface area contributed by atoms with Crippen molar-refractivity contribution in [1.82, 2.24) is 4.98 Å². The molecular formula is C14H18N2O. The summed E-state index contributed by atoms with van der Waals surface area (Å²) in [5, 5.41) is 1.32. The Morgan fingerprint density at radius 1 is 1.35 bits per heavy atom. The van der Waals surface area contributed by atoms with E-state index in [1.807, 2.05) is 0 Å². The lowest BCUT2D eigenvalue weighted by Crippen LogP contribution is -2.48. The largest absolute Gasteiger partial charge is 0.379 e. The molecule has 0 amide bonds. The first kappa shape index (κ1) is 10.8. The molecule has 0 radical (unpaired) electrons. The molecule has 1 fully saturated rings. The fourth-order valence-corrected chi connectivity index (χ4v) is 3.00. The highest BCUT2D eigenvalue weighted by Crippen LogP contribution is 2.41. The molecule has 0 spiro atoms. The molecule has 1 aliphatic rings. The maximum atomic E-state index is 5.76. The van der Waals surface area contributed by atoms with Gasteiger partial charge in [0.15, 0.2) is 0 Å². The van der Waals surface area contributed by atoms with Crippen LogP contribution in [0.1, 0.15) is 17.7 Å². The molecule has 1 aromatic carbocycles. The van der Waals surface area contributed by atoms with E-state index >= 15 is 0 Å². The minimum Gasteiger partial charge on any atom is -0.379 e.